The Hall–Kier alpha value is -1.24. The molecule has 4 nitrogen and oxygen atoms in total. The second kappa shape index (κ2) is 6.94. The molecular formula is C18H24FN3OS. The van der Waals surface area contributed by atoms with Crippen LogP contribution < -0.4 is 5.32 Å². The highest BCUT2D eigenvalue weighted by Crippen LogP contribution is 2.28. The molecule has 2 aliphatic rings. The Bertz CT molecular complexity index is 733. The maximum atomic E-state index is 13.3. The normalized spacial score (nSPS) is 22.9. The smallest absolute Gasteiger partial charge is 0.127 e. The number of hydrogen-bond acceptors (Lipinski definition) is 2. The summed E-state index contributed by atoms with van der Waals surface area (Å²) >= 11 is 0. The number of alkyl halides is 1. The molecule has 0 amide bonds. The molecule has 4 rings (SSSR count). The number of aromatic nitrogens is 1. The molecule has 0 saturated carbocycles. The predicted molar refractivity (Wildman–Crippen MR) is 95.2 cm³/mol. The van der Waals surface area contributed by atoms with Crippen LogP contribution in [-0.4, -0.2) is 45.4 Å². The monoisotopic (exact) mass is 349 g/mol. The standard InChI is InChI=1S/C18H24FN3OS/c19-15-6-10-21(11-7-15)24(23)17-2-1-14-5-12-22(18(14)13-17)16-3-8-20-9-4-16/h1-2,5,12-13,15-16,20H,3-4,6-11H2. The van der Waals surface area contributed by atoms with Crippen molar-refractivity contribution >= 4 is 21.9 Å². The van der Waals surface area contributed by atoms with Gasteiger partial charge in [0.05, 0.1) is 4.90 Å². The number of halogens is 1. The van der Waals surface area contributed by atoms with Crippen LogP contribution in [0.1, 0.15) is 31.7 Å². The topological polar surface area (TPSA) is 37.3 Å². The fraction of sp³-hybridized carbons (Fsp3) is 0.556. The van der Waals surface area contributed by atoms with Gasteiger partial charge >= 0.3 is 0 Å². The molecule has 1 aromatic carbocycles. The highest BCUT2D eigenvalue weighted by atomic mass is 32.2. The molecule has 130 valence electrons. The Kier molecular flexibility index (Phi) is 4.70. The third-order valence-corrected chi connectivity index (χ3v) is 6.71. The zero-order chi connectivity index (χ0) is 16.5. The number of benzene rings is 1. The summed E-state index contributed by atoms with van der Waals surface area (Å²) in [5, 5.41) is 4.59. The SMILES string of the molecule is O=S(c1ccc2ccn(C3CCNCC3)c2c1)N1CCC(F)CC1. The van der Waals surface area contributed by atoms with Gasteiger partial charge in [-0.1, -0.05) is 6.07 Å². The molecule has 1 N–H and O–H groups in total. The lowest BCUT2D eigenvalue weighted by molar-refractivity contribution is 0.215. The molecule has 0 aliphatic carbocycles. The average molecular weight is 349 g/mol. The molecule has 1 atom stereocenters. The zero-order valence-electron chi connectivity index (χ0n) is 13.8. The predicted octanol–water partition coefficient (Wildman–Crippen LogP) is 3.02. The van der Waals surface area contributed by atoms with Gasteiger partial charge in [0, 0.05) is 30.8 Å². The van der Waals surface area contributed by atoms with E-state index in [1.54, 1.807) is 0 Å². The van der Waals surface area contributed by atoms with E-state index in [4.69, 9.17) is 0 Å². The quantitative estimate of drug-likeness (QED) is 0.925. The summed E-state index contributed by atoms with van der Waals surface area (Å²) in [4.78, 5) is 0.827. The van der Waals surface area contributed by atoms with E-state index in [1.807, 2.05) is 10.4 Å². The van der Waals surface area contributed by atoms with Gasteiger partial charge < -0.3 is 9.88 Å². The van der Waals surface area contributed by atoms with E-state index in [-0.39, 0.29) is 0 Å². The van der Waals surface area contributed by atoms with E-state index >= 15 is 0 Å². The van der Waals surface area contributed by atoms with Gasteiger partial charge in [0.25, 0.3) is 0 Å². The third-order valence-electron chi connectivity index (χ3n) is 5.22. The summed E-state index contributed by atoms with van der Waals surface area (Å²) in [5.41, 5.74) is 1.16. The molecule has 0 spiro atoms. The van der Waals surface area contributed by atoms with Gasteiger partial charge in [0.2, 0.25) is 0 Å². The van der Waals surface area contributed by atoms with E-state index in [9.17, 15) is 8.60 Å². The van der Waals surface area contributed by atoms with Crippen molar-refractivity contribution in [3.05, 3.63) is 30.5 Å². The van der Waals surface area contributed by atoms with Crippen LogP contribution in [0.5, 0.6) is 0 Å². The van der Waals surface area contributed by atoms with Crippen LogP contribution in [0, 0.1) is 0 Å². The van der Waals surface area contributed by atoms with Gasteiger partial charge in [-0.05, 0) is 62.4 Å². The highest BCUT2D eigenvalue weighted by molar-refractivity contribution is 7.82. The van der Waals surface area contributed by atoms with E-state index < -0.39 is 17.2 Å². The highest BCUT2D eigenvalue weighted by Gasteiger charge is 2.24. The Morgan fingerprint density at radius 3 is 2.58 bits per heavy atom. The van der Waals surface area contributed by atoms with Crippen molar-refractivity contribution in [3.8, 4) is 0 Å². The summed E-state index contributed by atoms with van der Waals surface area (Å²) in [7, 11) is -1.20. The van der Waals surface area contributed by atoms with Gasteiger partial charge in [-0.3, -0.25) is 0 Å². The Labute approximate surface area is 144 Å². The van der Waals surface area contributed by atoms with Crippen molar-refractivity contribution in [2.75, 3.05) is 26.2 Å². The minimum absolute atomic E-state index is 0.486. The molecule has 2 aliphatic heterocycles. The summed E-state index contributed by atoms with van der Waals surface area (Å²) in [6.45, 7) is 3.24. The second-order valence-electron chi connectivity index (χ2n) is 6.78. The van der Waals surface area contributed by atoms with E-state index in [0.717, 1.165) is 36.3 Å². The third kappa shape index (κ3) is 3.15. The number of hydrogen-bond donors (Lipinski definition) is 1. The first kappa shape index (κ1) is 16.2. The van der Waals surface area contributed by atoms with Crippen molar-refractivity contribution in [1.29, 1.82) is 0 Å². The van der Waals surface area contributed by atoms with Crippen LogP contribution in [-0.2, 0) is 11.0 Å². The fourth-order valence-electron chi connectivity index (χ4n) is 3.78. The molecule has 2 saturated heterocycles. The summed E-state index contributed by atoms with van der Waals surface area (Å²) in [5.74, 6) is 0. The van der Waals surface area contributed by atoms with E-state index in [0.29, 0.717) is 32.0 Å². The molecule has 1 aromatic heterocycles. The van der Waals surface area contributed by atoms with Crippen molar-refractivity contribution in [2.45, 2.75) is 42.8 Å². The van der Waals surface area contributed by atoms with Gasteiger partial charge in [0.1, 0.15) is 17.2 Å². The Balaban J connectivity index is 1.61. The molecule has 2 aromatic rings. The lowest BCUT2D eigenvalue weighted by Gasteiger charge is -2.27. The molecular weight excluding hydrogens is 325 g/mol. The molecule has 0 bridgehead atoms. The van der Waals surface area contributed by atoms with E-state index in [2.05, 4.69) is 34.3 Å². The van der Waals surface area contributed by atoms with Gasteiger partial charge in [0.15, 0.2) is 0 Å². The van der Waals surface area contributed by atoms with Crippen LogP contribution in [0.25, 0.3) is 10.9 Å². The Morgan fingerprint density at radius 2 is 1.83 bits per heavy atom. The first-order valence-electron chi connectivity index (χ1n) is 8.84. The number of rotatable bonds is 3. The molecule has 3 heterocycles. The summed E-state index contributed by atoms with van der Waals surface area (Å²) in [6.07, 6.45) is 4.64. The molecule has 24 heavy (non-hydrogen) atoms. The van der Waals surface area contributed by atoms with Crippen LogP contribution >= 0.6 is 0 Å². The van der Waals surface area contributed by atoms with Crippen molar-refractivity contribution in [2.24, 2.45) is 0 Å². The largest absolute Gasteiger partial charge is 0.344 e. The second-order valence-corrected chi connectivity index (χ2v) is 8.26. The molecule has 1 unspecified atom stereocenters. The summed E-state index contributed by atoms with van der Waals surface area (Å²) in [6, 6.07) is 8.72. The minimum Gasteiger partial charge on any atom is -0.344 e. The molecule has 2 fully saturated rings. The van der Waals surface area contributed by atoms with Crippen LogP contribution in [0.4, 0.5) is 4.39 Å². The summed E-state index contributed by atoms with van der Waals surface area (Å²) < 4.78 is 30.4. The molecule has 0 radical (unpaired) electrons. The maximum absolute atomic E-state index is 13.3. The average Bonchev–Trinajstić information content (AvgIpc) is 3.05. The van der Waals surface area contributed by atoms with Crippen molar-refractivity contribution < 1.29 is 8.60 Å². The first-order valence-corrected chi connectivity index (χ1v) is 9.95. The van der Waals surface area contributed by atoms with Gasteiger partial charge in [-0.15, -0.1) is 0 Å². The van der Waals surface area contributed by atoms with Gasteiger partial charge in [-0.25, -0.2) is 12.9 Å². The van der Waals surface area contributed by atoms with Crippen molar-refractivity contribution in [1.82, 2.24) is 14.2 Å². The lowest BCUT2D eigenvalue weighted by Crippen LogP contribution is -2.35. The fourth-order valence-corrected chi connectivity index (χ4v) is 5.02. The van der Waals surface area contributed by atoms with Crippen molar-refractivity contribution in [3.63, 3.8) is 0 Å². The number of nitrogens with zero attached hydrogens (tertiary/aromatic N) is 2. The van der Waals surface area contributed by atoms with Gasteiger partial charge in [-0.2, -0.15) is 0 Å². The molecule has 6 heteroatoms. The number of nitrogens with one attached hydrogen (secondary N) is 1. The number of fused-ring (bicyclic) bond motifs is 1. The lowest BCUT2D eigenvalue weighted by atomic mass is 10.1. The van der Waals surface area contributed by atoms with Crippen LogP contribution in [0.3, 0.4) is 0 Å². The number of piperidine rings is 2. The van der Waals surface area contributed by atoms with Crippen LogP contribution in [0.15, 0.2) is 35.4 Å². The first-order chi connectivity index (χ1) is 11.7. The Morgan fingerprint density at radius 1 is 1.08 bits per heavy atom. The minimum atomic E-state index is -1.20. The van der Waals surface area contributed by atoms with Crippen LogP contribution in [0.2, 0.25) is 0 Å². The van der Waals surface area contributed by atoms with E-state index in [1.165, 1.54) is 5.39 Å². The zero-order valence-corrected chi connectivity index (χ0v) is 14.6. The maximum Gasteiger partial charge on any atom is 0.127 e.